The Morgan fingerprint density at radius 3 is 2.82 bits per heavy atom. The molecule has 120 valence electrons. The second kappa shape index (κ2) is 5.76. The Balaban J connectivity index is 1.63. The second-order valence-electron chi connectivity index (χ2n) is 6.23. The van der Waals surface area contributed by atoms with Gasteiger partial charge in [0, 0.05) is 6.54 Å². The monoisotopic (exact) mass is 306 g/mol. The minimum absolute atomic E-state index is 0.0437. The maximum absolute atomic E-state index is 12.5. The van der Waals surface area contributed by atoms with E-state index in [1.54, 1.807) is 17.9 Å². The first-order valence-electron chi connectivity index (χ1n) is 7.85. The molecule has 6 heteroatoms. The van der Waals surface area contributed by atoms with Gasteiger partial charge >= 0.3 is 0 Å². The lowest BCUT2D eigenvalue weighted by molar-refractivity contribution is -0.136. The van der Waals surface area contributed by atoms with Crippen LogP contribution in [0.5, 0.6) is 0 Å². The lowest BCUT2D eigenvalue weighted by Crippen LogP contribution is -2.53. The lowest BCUT2D eigenvalue weighted by Gasteiger charge is -2.37. The van der Waals surface area contributed by atoms with Crippen LogP contribution in [-0.4, -0.2) is 46.6 Å². The number of furan rings is 1. The van der Waals surface area contributed by atoms with Gasteiger partial charge < -0.3 is 19.7 Å². The van der Waals surface area contributed by atoms with Crippen LogP contribution in [0.25, 0.3) is 0 Å². The molecule has 1 spiro atoms. The maximum Gasteiger partial charge on any atom is 0.255 e. The molecule has 1 aliphatic heterocycles. The van der Waals surface area contributed by atoms with Crippen molar-refractivity contribution >= 4 is 11.8 Å². The Kier molecular flexibility index (Phi) is 3.95. The third-order valence-corrected chi connectivity index (χ3v) is 5.06. The number of nitrogens with zero attached hydrogens (tertiary/aromatic N) is 1. The number of carbonyl (C=O) groups is 2. The predicted octanol–water partition coefficient (Wildman–Crippen LogP) is 1.22. The summed E-state index contributed by atoms with van der Waals surface area (Å²) >= 11 is 0. The lowest BCUT2D eigenvalue weighted by atomic mass is 9.91. The molecule has 22 heavy (non-hydrogen) atoms. The van der Waals surface area contributed by atoms with Crippen molar-refractivity contribution in [2.24, 2.45) is 0 Å². The van der Waals surface area contributed by atoms with Gasteiger partial charge in [-0.2, -0.15) is 0 Å². The van der Waals surface area contributed by atoms with Crippen molar-refractivity contribution in [1.82, 2.24) is 10.2 Å². The SMILES string of the molecule is Cc1occc1C(=O)NCC(=O)N1CCC(O)C12CCCC2. The van der Waals surface area contributed by atoms with E-state index in [2.05, 4.69) is 5.32 Å². The molecule has 3 rings (SSSR count). The number of nitrogens with one attached hydrogen (secondary N) is 1. The molecule has 6 nitrogen and oxygen atoms in total. The highest BCUT2D eigenvalue weighted by Gasteiger charge is 2.51. The topological polar surface area (TPSA) is 82.8 Å². The van der Waals surface area contributed by atoms with E-state index in [9.17, 15) is 14.7 Å². The summed E-state index contributed by atoms with van der Waals surface area (Å²) in [6, 6.07) is 1.59. The highest BCUT2D eigenvalue weighted by atomic mass is 16.3. The Bertz CT molecular complexity index is 574. The van der Waals surface area contributed by atoms with Crippen LogP contribution in [0.3, 0.4) is 0 Å². The predicted molar refractivity (Wildman–Crippen MR) is 79.3 cm³/mol. The van der Waals surface area contributed by atoms with Crippen LogP contribution < -0.4 is 5.32 Å². The molecular formula is C16H22N2O4. The van der Waals surface area contributed by atoms with Gasteiger partial charge in [0.05, 0.1) is 30.0 Å². The Morgan fingerprint density at radius 2 is 2.18 bits per heavy atom. The van der Waals surface area contributed by atoms with Crippen LogP contribution >= 0.6 is 0 Å². The van der Waals surface area contributed by atoms with Crippen molar-refractivity contribution in [3.63, 3.8) is 0 Å². The average Bonchev–Trinajstić information content (AvgIpc) is 3.20. The molecular weight excluding hydrogens is 284 g/mol. The van der Waals surface area contributed by atoms with Gasteiger partial charge in [0.2, 0.25) is 5.91 Å². The zero-order chi connectivity index (χ0) is 15.7. The molecule has 0 bridgehead atoms. The van der Waals surface area contributed by atoms with Crippen LogP contribution in [0, 0.1) is 6.92 Å². The van der Waals surface area contributed by atoms with Gasteiger partial charge in [-0.05, 0) is 32.3 Å². The van der Waals surface area contributed by atoms with Crippen LogP contribution in [0.2, 0.25) is 0 Å². The fourth-order valence-corrected chi connectivity index (χ4v) is 3.85. The number of carbonyl (C=O) groups excluding carboxylic acids is 2. The highest BCUT2D eigenvalue weighted by molar-refractivity contribution is 5.97. The fraction of sp³-hybridized carbons (Fsp3) is 0.625. The zero-order valence-corrected chi connectivity index (χ0v) is 12.8. The second-order valence-corrected chi connectivity index (χ2v) is 6.23. The minimum atomic E-state index is -0.439. The molecule has 1 atom stereocenters. The van der Waals surface area contributed by atoms with Gasteiger partial charge in [-0.3, -0.25) is 9.59 Å². The number of aryl methyl sites for hydroxylation is 1. The van der Waals surface area contributed by atoms with Crippen molar-refractivity contribution in [3.8, 4) is 0 Å². The third kappa shape index (κ3) is 2.41. The fourth-order valence-electron chi connectivity index (χ4n) is 3.85. The van der Waals surface area contributed by atoms with Gasteiger partial charge in [0.1, 0.15) is 5.76 Å². The van der Waals surface area contributed by atoms with E-state index in [0.29, 0.717) is 24.3 Å². The maximum atomic E-state index is 12.5. The van der Waals surface area contributed by atoms with Crippen LogP contribution in [0.4, 0.5) is 0 Å². The van der Waals surface area contributed by atoms with E-state index in [1.165, 1.54) is 6.26 Å². The number of hydrogen-bond acceptors (Lipinski definition) is 4. The number of aliphatic hydroxyl groups is 1. The summed E-state index contributed by atoms with van der Waals surface area (Å²) in [5.41, 5.74) is 0.0535. The molecule has 1 aromatic rings. The highest BCUT2D eigenvalue weighted by Crippen LogP contribution is 2.43. The molecule has 2 aliphatic rings. The molecule has 2 amide bonds. The molecule has 2 heterocycles. The van der Waals surface area contributed by atoms with Crippen molar-refractivity contribution < 1.29 is 19.1 Å². The number of amides is 2. The van der Waals surface area contributed by atoms with E-state index < -0.39 is 11.6 Å². The molecule has 0 aromatic carbocycles. The van der Waals surface area contributed by atoms with Crippen molar-refractivity contribution in [2.75, 3.05) is 13.1 Å². The minimum Gasteiger partial charge on any atom is -0.469 e. The third-order valence-electron chi connectivity index (χ3n) is 5.06. The summed E-state index contributed by atoms with van der Waals surface area (Å²) < 4.78 is 5.09. The standard InChI is InChI=1S/C16H22N2O4/c1-11-12(5-9-22-11)15(21)17-10-14(20)18-8-4-13(19)16(18)6-2-3-7-16/h5,9,13,19H,2-4,6-8,10H2,1H3,(H,17,21). The Morgan fingerprint density at radius 1 is 1.45 bits per heavy atom. The summed E-state index contributed by atoms with van der Waals surface area (Å²) in [6.07, 6.45) is 5.44. The molecule has 2 N–H and O–H groups in total. The van der Waals surface area contributed by atoms with Gasteiger partial charge in [0.15, 0.2) is 0 Å². The van der Waals surface area contributed by atoms with Gasteiger partial charge in [-0.25, -0.2) is 0 Å². The largest absolute Gasteiger partial charge is 0.469 e. The Hall–Kier alpha value is -1.82. The van der Waals surface area contributed by atoms with Gasteiger partial charge in [0.25, 0.3) is 5.91 Å². The molecule has 1 aromatic heterocycles. The summed E-state index contributed by atoms with van der Waals surface area (Å²) in [4.78, 5) is 26.3. The first kappa shape index (κ1) is 15.1. The summed E-state index contributed by atoms with van der Waals surface area (Å²) in [6.45, 7) is 2.24. The van der Waals surface area contributed by atoms with E-state index in [-0.39, 0.29) is 18.4 Å². The van der Waals surface area contributed by atoms with Crippen molar-refractivity contribution in [2.45, 2.75) is 50.7 Å². The first-order valence-corrected chi connectivity index (χ1v) is 7.85. The number of hydrogen-bond donors (Lipinski definition) is 2. The molecule has 2 fully saturated rings. The summed E-state index contributed by atoms with van der Waals surface area (Å²) in [7, 11) is 0. The van der Waals surface area contributed by atoms with E-state index in [4.69, 9.17) is 4.42 Å². The first-order chi connectivity index (χ1) is 10.5. The summed E-state index contributed by atoms with van der Waals surface area (Å²) in [5, 5.41) is 12.9. The normalized spacial score (nSPS) is 23.2. The smallest absolute Gasteiger partial charge is 0.255 e. The van der Waals surface area contributed by atoms with Crippen molar-refractivity contribution in [3.05, 3.63) is 23.7 Å². The summed E-state index contributed by atoms with van der Waals surface area (Å²) in [5.74, 6) is 0.113. The quantitative estimate of drug-likeness (QED) is 0.879. The Labute approximate surface area is 129 Å². The van der Waals surface area contributed by atoms with E-state index in [1.807, 2.05) is 0 Å². The van der Waals surface area contributed by atoms with Gasteiger partial charge in [-0.1, -0.05) is 12.8 Å². The number of likely N-dealkylation sites (tertiary alicyclic amines) is 1. The zero-order valence-electron chi connectivity index (χ0n) is 12.8. The van der Waals surface area contributed by atoms with Gasteiger partial charge in [-0.15, -0.1) is 0 Å². The van der Waals surface area contributed by atoms with E-state index >= 15 is 0 Å². The number of aliphatic hydroxyl groups excluding tert-OH is 1. The van der Waals surface area contributed by atoms with E-state index in [0.717, 1.165) is 25.7 Å². The van der Waals surface area contributed by atoms with Crippen molar-refractivity contribution in [1.29, 1.82) is 0 Å². The van der Waals surface area contributed by atoms with Crippen LogP contribution in [-0.2, 0) is 4.79 Å². The van der Waals surface area contributed by atoms with Crippen LogP contribution in [0.1, 0.15) is 48.2 Å². The molecule has 1 saturated heterocycles. The molecule has 1 aliphatic carbocycles. The van der Waals surface area contributed by atoms with Crippen LogP contribution in [0.15, 0.2) is 16.7 Å². The molecule has 1 saturated carbocycles. The number of rotatable bonds is 3. The molecule has 0 radical (unpaired) electrons. The average molecular weight is 306 g/mol. The molecule has 1 unspecified atom stereocenters.